The smallest absolute Gasteiger partial charge is 0.269 e. The van der Waals surface area contributed by atoms with Crippen LogP contribution in [0.15, 0.2) is 78.9 Å². The van der Waals surface area contributed by atoms with Crippen LogP contribution in [0.4, 0.5) is 5.69 Å². The molecule has 0 radical (unpaired) electrons. The van der Waals surface area contributed by atoms with Gasteiger partial charge in [-0.15, -0.1) is 0 Å². The first kappa shape index (κ1) is 22.6. The third kappa shape index (κ3) is 6.18. The summed E-state index contributed by atoms with van der Waals surface area (Å²) in [7, 11) is 0. The number of hydrazine groups is 1. The van der Waals surface area contributed by atoms with Crippen molar-refractivity contribution in [3.63, 3.8) is 0 Å². The van der Waals surface area contributed by atoms with Crippen LogP contribution in [-0.4, -0.2) is 23.8 Å². The molecule has 0 saturated heterocycles. The molecule has 3 N–H and O–H groups in total. The molecule has 3 amide bonds. The number of rotatable bonds is 7. The summed E-state index contributed by atoms with van der Waals surface area (Å²) in [5.41, 5.74) is 6.59. The van der Waals surface area contributed by atoms with Crippen LogP contribution < -0.4 is 20.9 Å². The van der Waals surface area contributed by atoms with Crippen molar-refractivity contribution in [3.8, 4) is 5.75 Å². The third-order valence-electron chi connectivity index (χ3n) is 4.76. The molecule has 0 aliphatic heterocycles. The number of nitrogens with one attached hydrogen (secondary N) is 3. The highest BCUT2D eigenvalue weighted by Gasteiger charge is 2.11. The van der Waals surface area contributed by atoms with Crippen LogP contribution in [0.3, 0.4) is 0 Å². The molecular weight excluding hydrogens is 406 g/mol. The Morgan fingerprint density at radius 3 is 1.75 bits per heavy atom. The molecule has 0 heterocycles. The summed E-state index contributed by atoms with van der Waals surface area (Å²) in [6.07, 6.45) is 0.973. The Bertz CT molecular complexity index is 1060. The van der Waals surface area contributed by atoms with Gasteiger partial charge in [0.1, 0.15) is 5.75 Å². The monoisotopic (exact) mass is 431 g/mol. The first-order valence-corrected chi connectivity index (χ1v) is 10.3. The lowest BCUT2D eigenvalue weighted by molar-refractivity contribution is 0.0846. The van der Waals surface area contributed by atoms with Crippen LogP contribution in [0.2, 0.25) is 0 Å². The van der Waals surface area contributed by atoms with Gasteiger partial charge in [-0.2, -0.15) is 0 Å². The molecule has 0 saturated carbocycles. The molecule has 7 heteroatoms. The summed E-state index contributed by atoms with van der Waals surface area (Å²) in [5, 5.41) is 2.77. The Hall–Kier alpha value is -4.13. The van der Waals surface area contributed by atoms with E-state index in [2.05, 4.69) is 16.2 Å². The SMILES string of the molecule is CCC(C)Oc1ccc(C(=O)NNC(=O)c2ccc(NC(=O)c3ccccc3)cc2)cc1. The maximum atomic E-state index is 12.3. The molecule has 0 aliphatic carbocycles. The Balaban J connectivity index is 1.51. The van der Waals surface area contributed by atoms with Crippen molar-refractivity contribution in [1.82, 2.24) is 10.9 Å². The molecule has 1 unspecified atom stereocenters. The minimum atomic E-state index is -0.476. The van der Waals surface area contributed by atoms with E-state index in [9.17, 15) is 14.4 Å². The molecule has 1 atom stereocenters. The lowest BCUT2D eigenvalue weighted by Gasteiger charge is -2.13. The normalized spacial score (nSPS) is 11.2. The number of amides is 3. The van der Waals surface area contributed by atoms with Crippen LogP contribution in [0.25, 0.3) is 0 Å². The molecule has 0 aromatic heterocycles. The highest BCUT2D eigenvalue weighted by Crippen LogP contribution is 2.15. The van der Waals surface area contributed by atoms with Crippen LogP contribution in [0.5, 0.6) is 5.75 Å². The Kier molecular flexibility index (Phi) is 7.59. The van der Waals surface area contributed by atoms with E-state index >= 15 is 0 Å². The summed E-state index contributed by atoms with van der Waals surface area (Å²) in [4.78, 5) is 36.8. The van der Waals surface area contributed by atoms with Gasteiger partial charge in [-0.1, -0.05) is 25.1 Å². The summed E-state index contributed by atoms with van der Waals surface area (Å²) in [6, 6.07) is 21.9. The molecule has 0 fully saturated rings. The molecule has 3 aromatic rings. The van der Waals surface area contributed by atoms with E-state index in [1.807, 2.05) is 19.9 Å². The van der Waals surface area contributed by atoms with E-state index in [1.165, 1.54) is 0 Å². The predicted octanol–water partition coefficient (Wildman–Crippen LogP) is 4.19. The zero-order valence-corrected chi connectivity index (χ0v) is 17.9. The molecule has 3 rings (SSSR count). The zero-order valence-electron chi connectivity index (χ0n) is 17.9. The Morgan fingerprint density at radius 1 is 0.719 bits per heavy atom. The minimum absolute atomic E-state index is 0.0898. The van der Waals surface area contributed by atoms with Crippen LogP contribution in [0.1, 0.15) is 51.3 Å². The number of anilines is 1. The number of carbonyl (C=O) groups is 3. The molecule has 0 spiro atoms. The van der Waals surface area contributed by atoms with E-state index in [-0.39, 0.29) is 12.0 Å². The quantitative estimate of drug-likeness (QED) is 0.489. The first-order chi connectivity index (χ1) is 15.5. The predicted molar refractivity (Wildman–Crippen MR) is 123 cm³/mol. The number of benzene rings is 3. The fourth-order valence-electron chi connectivity index (χ4n) is 2.76. The topological polar surface area (TPSA) is 96.5 Å². The second kappa shape index (κ2) is 10.8. The van der Waals surface area contributed by atoms with Crippen molar-refractivity contribution in [2.45, 2.75) is 26.4 Å². The number of hydrogen-bond acceptors (Lipinski definition) is 4. The Labute approximate surface area is 186 Å². The summed E-state index contributed by atoms with van der Waals surface area (Å²) < 4.78 is 5.69. The lowest BCUT2D eigenvalue weighted by Crippen LogP contribution is -2.41. The second-order valence-corrected chi connectivity index (χ2v) is 7.17. The fraction of sp³-hybridized carbons (Fsp3) is 0.160. The number of carbonyl (C=O) groups excluding carboxylic acids is 3. The average Bonchev–Trinajstić information content (AvgIpc) is 2.83. The largest absolute Gasteiger partial charge is 0.491 e. The zero-order chi connectivity index (χ0) is 22.9. The van der Waals surface area contributed by atoms with Gasteiger partial charge in [0.2, 0.25) is 0 Å². The maximum Gasteiger partial charge on any atom is 0.269 e. The van der Waals surface area contributed by atoms with Gasteiger partial charge in [-0.3, -0.25) is 25.2 Å². The van der Waals surface area contributed by atoms with Crippen molar-refractivity contribution in [2.24, 2.45) is 0 Å². The number of ether oxygens (including phenoxy) is 1. The highest BCUT2D eigenvalue weighted by molar-refractivity contribution is 6.04. The van der Waals surface area contributed by atoms with Crippen molar-refractivity contribution in [1.29, 1.82) is 0 Å². The van der Waals surface area contributed by atoms with E-state index in [0.29, 0.717) is 28.1 Å². The van der Waals surface area contributed by atoms with Crippen LogP contribution in [-0.2, 0) is 0 Å². The first-order valence-electron chi connectivity index (χ1n) is 10.3. The van der Waals surface area contributed by atoms with Gasteiger partial charge in [-0.25, -0.2) is 0 Å². The van der Waals surface area contributed by atoms with E-state index in [4.69, 9.17) is 4.74 Å². The van der Waals surface area contributed by atoms with Gasteiger partial charge >= 0.3 is 0 Å². The Morgan fingerprint density at radius 2 is 1.22 bits per heavy atom. The standard InChI is InChI=1S/C25H25N3O4/c1-3-17(2)32-22-15-11-20(12-16-22)25(31)28-27-24(30)19-9-13-21(14-10-19)26-23(29)18-7-5-4-6-8-18/h4-17H,3H2,1-2H3,(H,26,29)(H,27,30)(H,28,31). The van der Waals surface area contributed by atoms with E-state index in [1.54, 1.807) is 72.8 Å². The van der Waals surface area contributed by atoms with Gasteiger partial charge in [-0.05, 0) is 74.0 Å². The molecular formula is C25H25N3O4. The molecule has 3 aromatic carbocycles. The molecule has 0 aliphatic rings. The van der Waals surface area contributed by atoms with Gasteiger partial charge in [0.15, 0.2) is 0 Å². The van der Waals surface area contributed by atoms with E-state index < -0.39 is 11.8 Å². The maximum absolute atomic E-state index is 12.3. The molecule has 0 bridgehead atoms. The fourth-order valence-corrected chi connectivity index (χ4v) is 2.76. The van der Waals surface area contributed by atoms with Crippen molar-refractivity contribution < 1.29 is 19.1 Å². The third-order valence-corrected chi connectivity index (χ3v) is 4.76. The van der Waals surface area contributed by atoms with Gasteiger partial charge in [0.05, 0.1) is 6.10 Å². The molecule has 164 valence electrons. The lowest BCUT2D eigenvalue weighted by atomic mass is 10.1. The van der Waals surface area contributed by atoms with E-state index in [0.717, 1.165) is 6.42 Å². The highest BCUT2D eigenvalue weighted by atomic mass is 16.5. The van der Waals surface area contributed by atoms with Crippen molar-refractivity contribution in [2.75, 3.05) is 5.32 Å². The summed E-state index contributed by atoms with van der Waals surface area (Å²) >= 11 is 0. The average molecular weight is 431 g/mol. The summed E-state index contributed by atoms with van der Waals surface area (Å²) in [6.45, 7) is 4.00. The second-order valence-electron chi connectivity index (χ2n) is 7.17. The van der Waals surface area contributed by atoms with Crippen LogP contribution >= 0.6 is 0 Å². The molecule has 7 nitrogen and oxygen atoms in total. The minimum Gasteiger partial charge on any atom is -0.491 e. The molecule has 32 heavy (non-hydrogen) atoms. The van der Waals surface area contributed by atoms with Crippen molar-refractivity contribution in [3.05, 3.63) is 95.6 Å². The van der Waals surface area contributed by atoms with Gasteiger partial charge in [0.25, 0.3) is 17.7 Å². The van der Waals surface area contributed by atoms with Crippen LogP contribution in [0, 0.1) is 0 Å². The number of hydrogen-bond donors (Lipinski definition) is 3. The van der Waals surface area contributed by atoms with Crippen molar-refractivity contribution >= 4 is 23.4 Å². The van der Waals surface area contributed by atoms with Gasteiger partial charge in [0, 0.05) is 22.4 Å². The van der Waals surface area contributed by atoms with Gasteiger partial charge < -0.3 is 10.1 Å². The summed E-state index contributed by atoms with van der Waals surface area (Å²) in [5.74, 6) is -0.480.